The first-order valence-corrected chi connectivity index (χ1v) is 6.40. The van der Waals surface area contributed by atoms with Gasteiger partial charge in [-0.15, -0.1) is 0 Å². The topological polar surface area (TPSA) is 107 Å². The monoisotopic (exact) mass is 289 g/mol. The van der Waals surface area contributed by atoms with Crippen molar-refractivity contribution in [1.82, 2.24) is 4.98 Å². The van der Waals surface area contributed by atoms with E-state index in [2.05, 4.69) is 11.1 Å². The van der Waals surface area contributed by atoms with Crippen molar-refractivity contribution < 1.29 is 4.79 Å². The minimum Gasteiger partial charge on any atom is -0.368 e. The summed E-state index contributed by atoms with van der Waals surface area (Å²) in [5.74, 6) is -0.0793. The standard InChI is InChI=1S/C13H12ClN5O/c1-19(6-10(17)20)13-9(5-16)11(7-2-3-7)8(4-15)12(14)18-13/h7H,2-3,6H2,1H3,(H2,17,20). The van der Waals surface area contributed by atoms with Crippen LogP contribution in [0.15, 0.2) is 0 Å². The third-order valence-electron chi connectivity index (χ3n) is 3.14. The predicted molar refractivity (Wildman–Crippen MR) is 73.1 cm³/mol. The smallest absolute Gasteiger partial charge is 0.236 e. The van der Waals surface area contributed by atoms with Gasteiger partial charge in [-0.25, -0.2) is 4.98 Å². The summed E-state index contributed by atoms with van der Waals surface area (Å²) in [6.45, 7) is -0.0754. The van der Waals surface area contributed by atoms with E-state index in [1.807, 2.05) is 6.07 Å². The number of rotatable bonds is 4. The zero-order valence-corrected chi connectivity index (χ0v) is 11.6. The Kier molecular flexibility index (Phi) is 3.78. The molecule has 6 nitrogen and oxygen atoms in total. The number of pyridine rings is 1. The molecule has 2 rings (SSSR count). The highest BCUT2D eigenvalue weighted by atomic mass is 35.5. The van der Waals surface area contributed by atoms with Crippen LogP contribution in [0.5, 0.6) is 0 Å². The molecule has 1 aliphatic rings. The van der Waals surface area contributed by atoms with Crippen molar-refractivity contribution in [2.45, 2.75) is 18.8 Å². The molecule has 0 atom stereocenters. The van der Waals surface area contributed by atoms with E-state index in [4.69, 9.17) is 17.3 Å². The van der Waals surface area contributed by atoms with Gasteiger partial charge in [0.25, 0.3) is 0 Å². The van der Waals surface area contributed by atoms with Gasteiger partial charge in [-0.1, -0.05) is 11.6 Å². The molecule has 1 aliphatic carbocycles. The summed E-state index contributed by atoms with van der Waals surface area (Å²) in [7, 11) is 1.60. The van der Waals surface area contributed by atoms with Crippen LogP contribution in [0.3, 0.4) is 0 Å². The number of hydrogen-bond donors (Lipinski definition) is 1. The van der Waals surface area contributed by atoms with Gasteiger partial charge < -0.3 is 10.6 Å². The number of carbonyl (C=O) groups is 1. The zero-order chi connectivity index (χ0) is 14.9. The number of likely N-dealkylation sites (N-methyl/N-ethyl adjacent to an activating group) is 1. The van der Waals surface area contributed by atoms with Crippen molar-refractivity contribution in [2.75, 3.05) is 18.5 Å². The number of primary amides is 1. The first kappa shape index (κ1) is 14.1. The fourth-order valence-electron chi connectivity index (χ4n) is 2.14. The fourth-order valence-corrected chi connectivity index (χ4v) is 2.37. The van der Waals surface area contributed by atoms with Crippen molar-refractivity contribution in [3.8, 4) is 12.1 Å². The van der Waals surface area contributed by atoms with E-state index < -0.39 is 5.91 Å². The molecule has 0 bridgehead atoms. The highest BCUT2D eigenvalue weighted by Crippen LogP contribution is 2.46. The van der Waals surface area contributed by atoms with E-state index in [1.54, 1.807) is 7.05 Å². The second-order valence-electron chi connectivity index (χ2n) is 4.71. The Morgan fingerprint density at radius 1 is 1.45 bits per heavy atom. The first-order valence-electron chi connectivity index (χ1n) is 6.02. The predicted octanol–water partition coefficient (Wildman–Crippen LogP) is 1.28. The second kappa shape index (κ2) is 5.36. The Labute approximate surface area is 121 Å². The minimum atomic E-state index is -0.536. The van der Waals surface area contributed by atoms with Crippen molar-refractivity contribution in [1.29, 1.82) is 10.5 Å². The maximum atomic E-state index is 11.0. The SMILES string of the molecule is CN(CC(N)=O)c1nc(Cl)c(C#N)c(C2CC2)c1C#N. The highest BCUT2D eigenvalue weighted by Gasteiger charge is 2.33. The molecule has 20 heavy (non-hydrogen) atoms. The summed E-state index contributed by atoms with van der Waals surface area (Å²) in [6, 6.07) is 4.09. The van der Waals surface area contributed by atoms with Crippen molar-refractivity contribution >= 4 is 23.3 Å². The summed E-state index contributed by atoms with van der Waals surface area (Å²) in [5.41, 5.74) is 6.34. The summed E-state index contributed by atoms with van der Waals surface area (Å²) >= 11 is 6.03. The molecule has 0 aromatic carbocycles. The molecule has 0 spiro atoms. The van der Waals surface area contributed by atoms with Crippen molar-refractivity contribution in [2.24, 2.45) is 5.73 Å². The van der Waals surface area contributed by atoms with Crippen LogP contribution in [-0.4, -0.2) is 24.5 Å². The maximum Gasteiger partial charge on any atom is 0.236 e. The summed E-state index contributed by atoms with van der Waals surface area (Å²) in [6.07, 6.45) is 1.84. The lowest BCUT2D eigenvalue weighted by molar-refractivity contribution is -0.116. The van der Waals surface area contributed by atoms with Crippen LogP contribution in [0.25, 0.3) is 0 Å². The largest absolute Gasteiger partial charge is 0.368 e. The van der Waals surface area contributed by atoms with Gasteiger partial charge in [0.15, 0.2) is 0 Å². The second-order valence-corrected chi connectivity index (χ2v) is 5.07. The molecule has 0 aliphatic heterocycles. The quantitative estimate of drug-likeness (QED) is 0.840. The average Bonchev–Trinajstić information content (AvgIpc) is 3.20. The van der Waals surface area contributed by atoms with Gasteiger partial charge in [0.1, 0.15) is 23.1 Å². The summed E-state index contributed by atoms with van der Waals surface area (Å²) in [4.78, 5) is 16.6. The van der Waals surface area contributed by atoms with Gasteiger partial charge >= 0.3 is 0 Å². The molecule has 1 heterocycles. The van der Waals surface area contributed by atoms with Crippen LogP contribution >= 0.6 is 11.6 Å². The number of aromatic nitrogens is 1. The molecule has 2 N–H and O–H groups in total. The number of halogens is 1. The van der Waals surface area contributed by atoms with Crippen LogP contribution in [-0.2, 0) is 4.79 Å². The summed E-state index contributed by atoms with van der Waals surface area (Å²) in [5, 5.41) is 18.6. The highest BCUT2D eigenvalue weighted by molar-refractivity contribution is 6.30. The Morgan fingerprint density at radius 2 is 2.05 bits per heavy atom. The van der Waals surface area contributed by atoms with Crippen LogP contribution in [0, 0.1) is 22.7 Å². The zero-order valence-electron chi connectivity index (χ0n) is 10.9. The van der Waals surface area contributed by atoms with E-state index in [9.17, 15) is 15.3 Å². The Balaban J connectivity index is 2.62. The molecule has 1 aromatic rings. The van der Waals surface area contributed by atoms with Crippen LogP contribution in [0.2, 0.25) is 5.15 Å². The number of nitriles is 2. The third-order valence-corrected chi connectivity index (χ3v) is 3.41. The normalized spacial score (nSPS) is 13.4. The molecule has 0 radical (unpaired) electrons. The lowest BCUT2D eigenvalue weighted by Gasteiger charge is -2.20. The maximum absolute atomic E-state index is 11.0. The Hall–Kier alpha value is -2.31. The van der Waals surface area contributed by atoms with Gasteiger partial charge in [0.05, 0.1) is 17.7 Å². The lowest BCUT2D eigenvalue weighted by atomic mass is 10.00. The average molecular weight is 290 g/mol. The minimum absolute atomic E-state index is 0.0553. The van der Waals surface area contributed by atoms with E-state index in [0.29, 0.717) is 11.1 Å². The molecule has 102 valence electrons. The number of carbonyl (C=O) groups excluding carboxylic acids is 1. The van der Waals surface area contributed by atoms with Crippen LogP contribution < -0.4 is 10.6 Å². The number of nitrogens with two attached hydrogens (primary N) is 1. The molecular formula is C13H12ClN5O. The first-order chi connectivity index (χ1) is 9.49. The molecule has 0 unspecified atom stereocenters. The number of anilines is 1. The van der Waals surface area contributed by atoms with Gasteiger partial charge in [0, 0.05) is 7.05 Å². The van der Waals surface area contributed by atoms with Gasteiger partial charge in [-0.3, -0.25) is 4.79 Å². The van der Waals surface area contributed by atoms with E-state index in [-0.39, 0.29) is 29.0 Å². The van der Waals surface area contributed by atoms with Gasteiger partial charge in [-0.2, -0.15) is 10.5 Å². The molecule has 7 heteroatoms. The third kappa shape index (κ3) is 2.52. The van der Waals surface area contributed by atoms with E-state index in [1.165, 1.54) is 4.90 Å². The molecule has 1 amide bonds. The van der Waals surface area contributed by atoms with Crippen LogP contribution in [0.4, 0.5) is 5.82 Å². The lowest BCUT2D eigenvalue weighted by Crippen LogP contribution is -2.32. The van der Waals surface area contributed by atoms with Crippen molar-refractivity contribution in [3.05, 3.63) is 21.8 Å². The van der Waals surface area contributed by atoms with Gasteiger partial charge in [-0.05, 0) is 24.3 Å². The summed E-state index contributed by atoms with van der Waals surface area (Å²) < 4.78 is 0. The molecule has 1 saturated carbocycles. The Bertz CT molecular complexity index is 654. The van der Waals surface area contributed by atoms with E-state index in [0.717, 1.165) is 12.8 Å². The molecule has 1 aromatic heterocycles. The molecular weight excluding hydrogens is 278 g/mol. The molecule has 1 fully saturated rings. The Morgan fingerprint density at radius 3 is 2.50 bits per heavy atom. The number of hydrogen-bond acceptors (Lipinski definition) is 5. The van der Waals surface area contributed by atoms with Crippen LogP contribution in [0.1, 0.15) is 35.4 Å². The van der Waals surface area contributed by atoms with Crippen molar-refractivity contribution in [3.63, 3.8) is 0 Å². The fraction of sp³-hybridized carbons (Fsp3) is 0.385. The number of nitrogens with zero attached hydrogens (tertiary/aromatic N) is 4. The van der Waals surface area contributed by atoms with E-state index >= 15 is 0 Å². The number of amides is 1. The molecule has 0 saturated heterocycles. The van der Waals surface area contributed by atoms with Gasteiger partial charge in [0.2, 0.25) is 5.91 Å².